The molecule has 1 N–H and O–H groups in total. The molecule has 0 radical (unpaired) electrons. The van der Waals surface area contributed by atoms with E-state index in [0.717, 1.165) is 38.3 Å². The topological polar surface area (TPSA) is 49.8 Å². The highest BCUT2D eigenvalue weighted by atomic mass is 16.5. The molecule has 2 rings (SSSR count). The zero-order valence-corrected chi connectivity index (χ0v) is 12.9. The third kappa shape index (κ3) is 5.05. The van der Waals surface area contributed by atoms with Crippen molar-refractivity contribution in [2.75, 3.05) is 19.7 Å². The first-order valence-electron chi connectivity index (χ1n) is 7.71. The van der Waals surface area contributed by atoms with E-state index in [2.05, 4.69) is 30.9 Å². The van der Waals surface area contributed by atoms with Crippen LogP contribution in [0.2, 0.25) is 0 Å². The number of carbonyl (C=O) groups is 1. The van der Waals surface area contributed by atoms with Crippen LogP contribution in [0.25, 0.3) is 0 Å². The molecular weight excluding hydrogens is 266 g/mol. The van der Waals surface area contributed by atoms with Gasteiger partial charge in [0.05, 0.1) is 12.5 Å². The molecule has 4 nitrogen and oxygen atoms in total. The monoisotopic (exact) mass is 291 g/mol. The van der Waals surface area contributed by atoms with Crippen molar-refractivity contribution in [3.63, 3.8) is 0 Å². The zero-order chi connectivity index (χ0) is 15.2. The molecule has 1 aromatic carbocycles. The Kier molecular flexibility index (Phi) is 5.62. The minimum absolute atomic E-state index is 0.215. The van der Waals surface area contributed by atoms with E-state index in [9.17, 15) is 4.79 Å². The summed E-state index contributed by atoms with van der Waals surface area (Å²) in [5, 5.41) is 9.12. The van der Waals surface area contributed by atoms with E-state index in [1.54, 1.807) is 0 Å². The molecule has 0 saturated carbocycles. The van der Waals surface area contributed by atoms with Crippen LogP contribution in [0.4, 0.5) is 0 Å². The number of piperidine rings is 1. The maximum Gasteiger partial charge on any atom is 0.307 e. The van der Waals surface area contributed by atoms with Gasteiger partial charge in [0.15, 0.2) is 0 Å². The summed E-state index contributed by atoms with van der Waals surface area (Å²) in [7, 11) is 0. The quantitative estimate of drug-likeness (QED) is 0.875. The molecule has 1 atom stereocenters. The van der Waals surface area contributed by atoms with Crippen molar-refractivity contribution in [3.05, 3.63) is 29.8 Å². The minimum atomic E-state index is -0.669. The molecule has 0 aromatic heterocycles. The number of rotatable bonds is 6. The molecule has 21 heavy (non-hydrogen) atoms. The average Bonchev–Trinajstić information content (AvgIpc) is 2.47. The van der Waals surface area contributed by atoms with Crippen molar-refractivity contribution in [1.29, 1.82) is 0 Å². The van der Waals surface area contributed by atoms with Gasteiger partial charge in [-0.3, -0.25) is 9.69 Å². The molecule has 0 spiro atoms. The van der Waals surface area contributed by atoms with Gasteiger partial charge < -0.3 is 9.84 Å². The second-order valence-corrected chi connectivity index (χ2v) is 6.26. The van der Waals surface area contributed by atoms with Gasteiger partial charge in [0, 0.05) is 13.1 Å². The van der Waals surface area contributed by atoms with Crippen LogP contribution >= 0.6 is 0 Å². The molecule has 1 saturated heterocycles. The average molecular weight is 291 g/mol. The van der Waals surface area contributed by atoms with Crippen LogP contribution in [0, 0.1) is 11.8 Å². The smallest absolute Gasteiger partial charge is 0.307 e. The summed E-state index contributed by atoms with van der Waals surface area (Å²) in [6.07, 6.45) is 1.76. The van der Waals surface area contributed by atoms with Gasteiger partial charge in [-0.1, -0.05) is 26.0 Å². The Hall–Kier alpha value is -1.55. The minimum Gasteiger partial charge on any atom is -0.493 e. The number of ether oxygens (including phenoxy) is 1. The molecule has 1 fully saturated rings. The summed E-state index contributed by atoms with van der Waals surface area (Å²) < 4.78 is 5.67. The molecule has 0 aliphatic carbocycles. The third-order valence-corrected chi connectivity index (χ3v) is 3.77. The van der Waals surface area contributed by atoms with Gasteiger partial charge in [0.1, 0.15) is 5.75 Å². The summed E-state index contributed by atoms with van der Waals surface area (Å²) in [6.45, 7) is 7.43. The molecular formula is C17H25NO3. The maximum absolute atomic E-state index is 11.1. The Labute approximate surface area is 126 Å². The second kappa shape index (κ2) is 7.46. The van der Waals surface area contributed by atoms with Crippen LogP contribution in [0.1, 0.15) is 32.3 Å². The third-order valence-electron chi connectivity index (χ3n) is 3.77. The van der Waals surface area contributed by atoms with E-state index in [1.165, 1.54) is 5.56 Å². The van der Waals surface area contributed by atoms with E-state index in [1.807, 2.05) is 12.1 Å². The fourth-order valence-corrected chi connectivity index (χ4v) is 2.61. The largest absolute Gasteiger partial charge is 0.493 e. The van der Waals surface area contributed by atoms with E-state index >= 15 is 0 Å². The summed E-state index contributed by atoms with van der Waals surface area (Å²) in [4.78, 5) is 13.3. The fourth-order valence-electron chi connectivity index (χ4n) is 2.61. The number of hydrogen-bond acceptors (Lipinski definition) is 3. The van der Waals surface area contributed by atoms with Crippen LogP contribution in [-0.2, 0) is 11.3 Å². The van der Waals surface area contributed by atoms with Gasteiger partial charge in [-0.25, -0.2) is 0 Å². The first-order chi connectivity index (χ1) is 10.0. The van der Waals surface area contributed by atoms with Gasteiger partial charge in [0.2, 0.25) is 0 Å². The highest BCUT2D eigenvalue weighted by molar-refractivity contribution is 5.70. The second-order valence-electron chi connectivity index (χ2n) is 6.26. The lowest BCUT2D eigenvalue weighted by molar-refractivity contribution is -0.143. The summed E-state index contributed by atoms with van der Waals surface area (Å²) in [5.74, 6) is 0.532. The molecule has 0 amide bonds. The fraction of sp³-hybridized carbons (Fsp3) is 0.588. The molecule has 1 heterocycles. The van der Waals surface area contributed by atoms with Crippen molar-refractivity contribution in [3.8, 4) is 5.75 Å². The van der Waals surface area contributed by atoms with Crippen LogP contribution in [-0.4, -0.2) is 35.7 Å². The number of hydrogen-bond donors (Lipinski definition) is 1. The molecule has 1 aliphatic rings. The van der Waals surface area contributed by atoms with E-state index in [0.29, 0.717) is 12.5 Å². The first-order valence-corrected chi connectivity index (χ1v) is 7.71. The van der Waals surface area contributed by atoms with Gasteiger partial charge in [-0.05, 0) is 43.0 Å². The van der Waals surface area contributed by atoms with E-state index in [-0.39, 0.29) is 5.92 Å². The molecule has 116 valence electrons. The highest BCUT2D eigenvalue weighted by Gasteiger charge is 2.25. The van der Waals surface area contributed by atoms with Gasteiger partial charge in [0.25, 0.3) is 0 Å². The van der Waals surface area contributed by atoms with Crippen LogP contribution in [0.3, 0.4) is 0 Å². The number of aliphatic carboxylic acids is 1. The SMILES string of the molecule is CC(C)COc1ccc(CN2CCCC(C(=O)O)C2)cc1. The Morgan fingerprint density at radius 2 is 2.10 bits per heavy atom. The maximum atomic E-state index is 11.1. The Balaban J connectivity index is 1.86. The van der Waals surface area contributed by atoms with E-state index < -0.39 is 5.97 Å². The van der Waals surface area contributed by atoms with Crippen molar-refractivity contribution < 1.29 is 14.6 Å². The highest BCUT2D eigenvalue weighted by Crippen LogP contribution is 2.20. The number of carboxylic acids is 1. The molecule has 1 aliphatic heterocycles. The lowest BCUT2D eigenvalue weighted by Crippen LogP contribution is -2.38. The van der Waals surface area contributed by atoms with Crippen LogP contribution < -0.4 is 4.74 Å². The first kappa shape index (κ1) is 15.8. The standard InChI is InChI=1S/C17H25NO3/c1-13(2)12-21-16-7-5-14(6-8-16)10-18-9-3-4-15(11-18)17(19)20/h5-8,13,15H,3-4,9-12H2,1-2H3,(H,19,20). The normalized spacial score (nSPS) is 19.7. The lowest BCUT2D eigenvalue weighted by Gasteiger charge is -2.30. The summed E-state index contributed by atoms with van der Waals surface area (Å²) >= 11 is 0. The van der Waals surface area contributed by atoms with Crippen LogP contribution in [0.5, 0.6) is 5.75 Å². The predicted molar refractivity (Wildman–Crippen MR) is 82.4 cm³/mol. The Bertz CT molecular complexity index is 456. The van der Waals surface area contributed by atoms with Crippen molar-refractivity contribution in [1.82, 2.24) is 4.90 Å². The predicted octanol–water partition coefficient (Wildman–Crippen LogP) is 3.02. The number of benzene rings is 1. The number of nitrogens with zero attached hydrogens (tertiary/aromatic N) is 1. The van der Waals surface area contributed by atoms with Gasteiger partial charge >= 0.3 is 5.97 Å². The van der Waals surface area contributed by atoms with Gasteiger partial charge in [-0.15, -0.1) is 0 Å². The molecule has 1 unspecified atom stereocenters. The molecule has 4 heteroatoms. The molecule has 0 bridgehead atoms. The van der Waals surface area contributed by atoms with Crippen molar-refractivity contribution >= 4 is 5.97 Å². The van der Waals surface area contributed by atoms with E-state index in [4.69, 9.17) is 9.84 Å². The van der Waals surface area contributed by atoms with Crippen LogP contribution in [0.15, 0.2) is 24.3 Å². The molecule has 1 aromatic rings. The van der Waals surface area contributed by atoms with Crippen molar-refractivity contribution in [2.24, 2.45) is 11.8 Å². The zero-order valence-electron chi connectivity index (χ0n) is 12.9. The Morgan fingerprint density at radius 1 is 1.38 bits per heavy atom. The lowest BCUT2D eigenvalue weighted by atomic mass is 9.98. The number of likely N-dealkylation sites (tertiary alicyclic amines) is 1. The number of carboxylic acid groups (broad SMARTS) is 1. The Morgan fingerprint density at radius 3 is 2.71 bits per heavy atom. The summed E-state index contributed by atoms with van der Waals surface area (Å²) in [6, 6.07) is 8.13. The van der Waals surface area contributed by atoms with Gasteiger partial charge in [-0.2, -0.15) is 0 Å². The summed E-state index contributed by atoms with van der Waals surface area (Å²) in [5.41, 5.74) is 1.21. The van der Waals surface area contributed by atoms with Crippen molar-refractivity contribution in [2.45, 2.75) is 33.2 Å².